The summed E-state index contributed by atoms with van der Waals surface area (Å²) in [5, 5.41) is 0.385. The molecular formula is C26H24ClFN6OS. The molecule has 1 aliphatic carbocycles. The number of nitrogen functional groups attached to an aromatic ring is 1. The van der Waals surface area contributed by atoms with E-state index in [1.165, 1.54) is 22.2 Å². The highest BCUT2D eigenvalue weighted by Crippen LogP contribution is 2.63. The van der Waals surface area contributed by atoms with Crippen LogP contribution in [0.3, 0.4) is 0 Å². The molecule has 1 aromatic carbocycles. The zero-order valence-electron chi connectivity index (χ0n) is 19.3. The van der Waals surface area contributed by atoms with Crippen molar-refractivity contribution in [3.63, 3.8) is 0 Å². The van der Waals surface area contributed by atoms with Gasteiger partial charge in [-0.1, -0.05) is 41.6 Å². The van der Waals surface area contributed by atoms with E-state index in [1.807, 2.05) is 24.3 Å². The highest BCUT2D eigenvalue weighted by atomic mass is 35.5. The second-order valence-electron chi connectivity index (χ2n) is 9.33. The van der Waals surface area contributed by atoms with Crippen LogP contribution in [-0.2, 0) is 5.41 Å². The summed E-state index contributed by atoms with van der Waals surface area (Å²) in [5.41, 5.74) is 12.8. The van der Waals surface area contributed by atoms with E-state index in [1.54, 1.807) is 30.6 Å². The monoisotopic (exact) mass is 522 g/mol. The number of rotatable bonds is 5. The lowest BCUT2D eigenvalue weighted by atomic mass is 9.91. The molecule has 1 saturated carbocycles. The summed E-state index contributed by atoms with van der Waals surface area (Å²) < 4.78 is 16.2. The Bertz CT molecular complexity index is 1550. The fraction of sp³-hybridized carbons (Fsp3) is 0.269. The molecule has 10 heteroatoms. The van der Waals surface area contributed by atoms with Gasteiger partial charge in [-0.2, -0.15) is 0 Å². The Balaban J connectivity index is 1.27. The second-order valence-corrected chi connectivity index (χ2v) is 10.8. The summed E-state index contributed by atoms with van der Waals surface area (Å²) in [5.74, 6) is 1.26. The van der Waals surface area contributed by atoms with E-state index in [0.717, 1.165) is 22.8 Å². The minimum atomic E-state index is -0.351. The van der Waals surface area contributed by atoms with Crippen LogP contribution in [0.5, 0.6) is 0 Å². The molecule has 3 aromatic heterocycles. The van der Waals surface area contributed by atoms with Crippen molar-refractivity contribution in [1.82, 2.24) is 14.4 Å². The molecule has 4 aromatic rings. The molecule has 0 radical (unpaired) electrons. The molecule has 0 bridgehead atoms. The lowest BCUT2D eigenvalue weighted by Gasteiger charge is -2.27. The number of aromatic nitrogens is 3. The largest absolute Gasteiger partial charge is 0.382 e. The standard InChI is InChI=1S/C26H24ClFN6OS/c27-24-20(7-9-31-25(24)30)36-15-5-6-21-32-22(11-23(35)34(21)12-15)33-10-8-16-18(13-33)26(16,14-29)17-3-1-2-4-19(17)28/h1-7,9,11-12,16,18H,8,10,13-14,29H2,(H2,30,31)/t16-,18?,26-/m1/s1. The zero-order valence-corrected chi connectivity index (χ0v) is 20.8. The normalized spacial score (nSPS) is 23.0. The smallest absolute Gasteiger partial charge is 0.259 e. The van der Waals surface area contributed by atoms with Crippen LogP contribution in [0.1, 0.15) is 12.0 Å². The number of halogens is 2. The lowest BCUT2D eigenvalue weighted by molar-refractivity contribution is 0.533. The van der Waals surface area contributed by atoms with E-state index in [9.17, 15) is 9.18 Å². The van der Waals surface area contributed by atoms with Crippen molar-refractivity contribution >= 4 is 40.6 Å². The van der Waals surface area contributed by atoms with Gasteiger partial charge in [-0.05, 0) is 48.1 Å². The van der Waals surface area contributed by atoms with Gasteiger partial charge in [-0.15, -0.1) is 0 Å². The van der Waals surface area contributed by atoms with Crippen LogP contribution in [0, 0.1) is 17.7 Å². The Morgan fingerprint density at radius 3 is 2.83 bits per heavy atom. The number of nitrogens with zero attached hydrogens (tertiary/aromatic N) is 4. The number of hydrogen-bond donors (Lipinski definition) is 2. The predicted molar refractivity (Wildman–Crippen MR) is 140 cm³/mol. The average molecular weight is 523 g/mol. The summed E-state index contributed by atoms with van der Waals surface area (Å²) in [6.45, 7) is 1.84. The van der Waals surface area contributed by atoms with Gasteiger partial charge < -0.3 is 16.4 Å². The van der Waals surface area contributed by atoms with E-state index < -0.39 is 0 Å². The number of nitrogens with two attached hydrogens (primary N) is 2. The first-order valence-corrected chi connectivity index (χ1v) is 12.9. The molecule has 1 aliphatic heterocycles. The molecule has 4 heterocycles. The minimum absolute atomic E-state index is 0.171. The van der Waals surface area contributed by atoms with E-state index in [2.05, 4.69) is 9.88 Å². The van der Waals surface area contributed by atoms with Crippen molar-refractivity contribution in [2.24, 2.45) is 17.6 Å². The predicted octanol–water partition coefficient (Wildman–Crippen LogP) is 3.97. The Morgan fingerprint density at radius 1 is 1.19 bits per heavy atom. The van der Waals surface area contributed by atoms with Crippen molar-refractivity contribution in [1.29, 1.82) is 0 Å². The molecule has 3 atom stereocenters. The first kappa shape index (κ1) is 23.3. The van der Waals surface area contributed by atoms with Crippen molar-refractivity contribution in [2.45, 2.75) is 21.6 Å². The first-order valence-electron chi connectivity index (χ1n) is 11.7. The van der Waals surface area contributed by atoms with Crippen LogP contribution in [-0.4, -0.2) is 34.0 Å². The summed E-state index contributed by atoms with van der Waals surface area (Å²) in [4.78, 5) is 25.5. The van der Waals surface area contributed by atoms with Gasteiger partial charge in [-0.3, -0.25) is 9.20 Å². The van der Waals surface area contributed by atoms with Gasteiger partial charge in [-0.25, -0.2) is 14.4 Å². The van der Waals surface area contributed by atoms with Crippen molar-refractivity contribution in [2.75, 3.05) is 30.3 Å². The summed E-state index contributed by atoms with van der Waals surface area (Å²) >= 11 is 7.67. The van der Waals surface area contributed by atoms with Gasteiger partial charge in [0.25, 0.3) is 5.56 Å². The molecule has 36 heavy (non-hydrogen) atoms. The molecular weight excluding hydrogens is 499 g/mol. The maximum Gasteiger partial charge on any atom is 0.259 e. The fourth-order valence-corrected chi connectivity index (χ4v) is 6.87. The molecule has 7 nitrogen and oxygen atoms in total. The molecule has 2 aliphatic rings. The van der Waals surface area contributed by atoms with Crippen LogP contribution < -0.4 is 21.9 Å². The van der Waals surface area contributed by atoms with Gasteiger partial charge >= 0.3 is 0 Å². The third kappa shape index (κ3) is 3.65. The number of benzene rings is 1. The Morgan fingerprint density at radius 2 is 2.03 bits per heavy atom. The SMILES string of the molecule is NC[C@@]1(c2ccccc2F)C2CN(c3cc(=O)n4cc(Sc5ccnc(N)c5Cl)ccc4n3)CC[C@H]21. The Kier molecular flexibility index (Phi) is 5.66. The molecule has 0 amide bonds. The van der Waals surface area contributed by atoms with Gasteiger partial charge in [0, 0.05) is 53.3 Å². The number of piperidine rings is 1. The molecule has 1 unspecified atom stereocenters. The van der Waals surface area contributed by atoms with Gasteiger partial charge in [0.2, 0.25) is 0 Å². The highest BCUT2D eigenvalue weighted by molar-refractivity contribution is 7.99. The van der Waals surface area contributed by atoms with Crippen molar-refractivity contribution in [3.05, 3.63) is 87.7 Å². The molecule has 2 fully saturated rings. The molecule has 184 valence electrons. The number of hydrogen-bond acceptors (Lipinski definition) is 7. The summed E-state index contributed by atoms with van der Waals surface area (Å²) in [6, 6.07) is 14.0. The number of pyridine rings is 2. The molecule has 1 saturated heterocycles. The maximum absolute atomic E-state index is 14.7. The highest BCUT2D eigenvalue weighted by Gasteiger charge is 2.66. The van der Waals surface area contributed by atoms with Gasteiger partial charge in [0.1, 0.15) is 23.1 Å². The van der Waals surface area contributed by atoms with Crippen LogP contribution in [0.15, 0.2) is 75.5 Å². The fourth-order valence-electron chi connectivity index (χ4n) is 5.78. The third-order valence-corrected chi connectivity index (χ3v) is 9.14. The number of fused-ring (bicyclic) bond motifs is 2. The van der Waals surface area contributed by atoms with Gasteiger partial charge in [0.05, 0.1) is 5.02 Å². The minimum Gasteiger partial charge on any atom is -0.382 e. The second kappa shape index (κ2) is 8.76. The van der Waals surface area contributed by atoms with Gasteiger partial charge in [0.15, 0.2) is 0 Å². The van der Waals surface area contributed by atoms with Crippen molar-refractivity contribution in [3.8, 4) is 0 Å². The van der Waals surface area contributed by atoms with E-state index in [0.29, 0.717) is 41.1 Å². The lowest BCUT2D eigenvalue weighted by Crippen LogP contribution is -2.34. The maximum atomic E-state index is 14.7. The quantitative estimate of drug-likeness (QED) is 0.409. The van der Waals surface area contributed by atoms with Crippen LogP contribution in [0.4, 0.5) is 16.0 Å². The van der Waals surface area contributed by atoms with E-state index >= 15 is 0 Å². The van der Waals surface area contributed by atoms with Crippen molar-refractivity contribution < 1.29 is 4.39 Å². The Labute approximate surface area is 216 Å². The van der Waals surface area contributed by atoms with E-state index in [-0.39, 0.29) is 28.5 Å². The summed E-state index contributed by atoms with van der Waals surface area (Å²) in [7, 11) is 0. The topological polar surface area (TPSA) is 103 Å². The van der Waals surface area contributed by atoms with E-state index in [4.69, 9.17) is 28.1 Å². The Hall–Kier alpha value is -3.14. The third-order valence-electron chi connectivity index (χ3n) is 7.59. The van der Waals surface area contributed by atoms with Crippen LogP contribution in [0.25, 0.3) is 5.65 Å². The molecule has 0 spiro atoms. The average Bonchev–Trinajstić information content (AvgIpc) is 3.55. The zero-order chi connectivity index (χ0) is 25.0. The van der Waals surface area contributed by atoms with Crippen LogP contribution >= 0.6 is 23.4 Å². The molecule has 6 rings (SSSR count). The number of anilines is 2. The first-order chi connectivity index (χ1) is 17.4. The summed E-state index contributed by atoms with van der Waals surface area (Å²) in [6.07, 6.45) is 4.22. The molecule has 4 N–H and O–H groups in total. The van der Waals surface area contributed by atoms with Crippen LogP contribution in [0.2, 0.25) is 5.02 Å².